The van der Waals surface area contributed by atoms with Crippen molar-refractivity contribution in [3.05, 3.63) is 89.0 Å². The monoisotopic (exact) mass is 369 g/mol. The second-order valence-electron chi connectivity index (χ2n) is 7.36. The fraction of sp³-hybridized carbons (Fsp3) is 0.208. The molecule has 1 aliphatic carbocycles. The lowest BCUT2D eigenvalue weighted by molar-refractivity contribution is 0.0950. The molecular formula is C24H23N3O. The summed E-state index contributed by atoms with van der Waals surface area (Å²) in [5, 5.41) is 11.0. The first-order valence-electron chi connectivity index (χ1n) is 9.56. The first-order chi connectivity index (χ1) is 13.6. The van der Waals surface area contributed by atoms with Crippen molar-refractivity contribution in [3.8, 4) is 0 Å². The van der Waals surface area contributed by atoms with Crippen LogP contribution in [0.2, 0.25) is 0 Å². The molecule has 0 saturated carbocycles. The largest absolute Gasteiger partial charge is 0.348 e. The van der Waals surface area contributed by atoms with Gasteiger partial charge in [-0.2, -0.15) is 0 Å². The summed E-state index contributed by atoms with van der Waals surface area (Å²) in [6, 6.07) is 15.7. The van der Waals surface area contributed by atoms with Crippen LogP contribution in [0, 0.1) is 5.41 Å². The number of nitrogens with zero attached hydrogens (tertiary/aromatic N) is 1. The third-order valence-corrected chi connectivity index (χ3v) is 5.40. The first kappa shape index (κ1) is 18.1. The molecule has 2 aromatic rings. The van der Waals surface area contributed by atoms with Gasteiger partial charge >= 0.3 is 0 Å². The second kappa shape index (κ2) is 7.39. The van der Waals surface area contributed by atoms with Gasteiger partial charge in [0.25, 0.3) is 5.91 Å². The van der Waals surface area contributed by atoms with Crippen LogP contribution in [0.3, 0.4) is 0 Å². The minimum absolute atomic E-state index is 0.0827. The van der Waals surface area contributed by atoms with Crippen LogP contribution >= 0.6 is 0 Å². The zero-order valence-electron chi connectivity index (χ0n) is 15.9. The maximum Gasteiger partial charge on any atom is 0.252 e. The molecule has 0 radical (unpaired) electrons. The minimum atomic E-state index is -0.432. The van der Waals surface area contributed by atoms with Crippen LogP contribution < -0.4 is 5.32 Å². The standard InChI is InChI=1S/C24H23N3O/c1-24(21-12-5-6-13-22(25)27-21)15-14-18-19(10-7-11-20(18)24)23(28)26-16-17-8-3-2-4-9-17/h2-5,7-12,14-15,25H,6,13,16H2,1H3,(H,26,28). The van der Waals surface area contributed by atoms with Gasteiger partial charge in [0.05, 0.1) is 11.1 Å². The molecule has 0 aromatic heterocycles. The van der Waals surface area contributed by atoms with Crippen LogP contribution in [0.1, 0.15) is 46.8 Å². The number of carbonyl (C=O) groups excluding carboxylic acids is 1. The van der Waals surface area contributed by atoms with E-state index in [1.165, 1.54) is 0 Å². The Bertz CT molecular complexity index is 1020. The van der Waals surface area contributed by atoms with Crippen LogP contribution in [0.25, 0.3) is 6.08 Å². The second-order valence-corrected chi connectivity index (χ2v) is 7.36. The molecule has 0 saturated heterocycles. The Hall–Kier alpha value is -3.27. The smallest absolute Gasteiger partial charge is 0.252 e. The summed E-state index contributed by atoms with van der Waals surface area (Å²) in [7, 11) is 0. The molecule has 0 spiro atoms. The van der Waals surface area contributed by atoms with Gasteiger partial charge < -0.3 is 5.32 Å². The Morgan fingerprint density at radius 2 is 1.96 bits per heavy atom. The Labute approximate surface area is 165 Å². The molecule has 1 atom stereocenters. The van der Waals surface area contributed by atoms with Gasteiger partial charge in [0.15, 0.2) is 0 Å². The molecule has 28 heavy (non-hydrogen) atoms. The fourth-order valence-corrected chi connectivity index (χ4v) is 3.78. The fourth-order valence-electron chi connectivity index (χ4n) is 3.78. The summed E-state index contributed by atoms with van der Waals surface area (Å²) in [5.41, 5.74) is 4.15. The first-order valence-corrected chi connectivity index (χ1v) is 9.56. The molecule has 2 aromatic carbocycles. The van der Waals surface area contributed by atoms with E-state index < -0.39 is 5.41 Å². The summed E-state index contributed by atoms with van der Waals surface area (Å²) in [5.74, 6) is 0.320. The maximum atomic E-state index is 12.8. The van der Waals surface area contributed by atoms with Gasteiger partial charge in [0.1, 0.15) is 5.84 Å². The van der Waals surface area contributed by atoms with E-state index in [2.05, 4.69) is 29.4 Å². The van der Waals surface area contributed by atoms with Crippen molar-refractivity contribution in [2.45, 2.75) is 31.7 Å². The quantitative estimate of drug-likeness (QED) is 0.808. The van der Waals surface area contributed by atoms with E-state index in [0.29, 0.717) is 24.4 Å². The highest BCUT2D eigenvalue weighted by Gasteiger charge is 2.36. The van der Waals surface area contributed by atoms with Gasteiger partial charge in [-0.3, -0.25) is 10.2 Å². The van der Waals surface area contributed by atoms with Crippen molar-refractivity contribution in [2.75, 3.05) is 0 Å². The van der Waals surface area contributed by atoms with E-state index in [-0.39, 0.29) is 5.91 Å². The highest BCUT2D eigenvalue weighted by molar-refractivity contribution is 6.13. The van der Waals surface area contributed by atoms with Crippen molar-refractivity contribution in [1.29, 1.82) is 5.41 Å². The van der Waals surface area contributed by atoms with Crippen LogP contribution in [0.5, 0.6) is 0 Å². The summed E-state index contributed by atoms with van der Waals surface area (Å²) in [6.45, 7) is 2.60. The Morgan fingerprint density at radius 1 is 1.14 bits per heavy atom. The summed E-state index contributed by atoms with van der Waals surface area (Å²) in [6.07, 6.45) is 9.69. The van der Waals surface area contributed by atoms with Crippen molar-refractivity contribution in [1.82, 2.24) is 5.32 Å². The Morgan fingerprint density at radius 3 is 2.79 bits per heavy atom. The molecule has 4 rings (SSSR count). The number of nitrogens with one attached hydrogen (secondary N) is 2. The number of carbonyl (C=O) groups is 1. The lowest BCUT2D eigenvalue weighted by Crippen LogP contribution is -2.29. The van der Waals surface area contributed by atoms with Crippen LogP contribution in [-0.4, -0.2) is 17.5 Å². The van der Waals surface area contributed by atoms with Crippen molar-refractivity contribution < 1.29 is 4.79 Å². The number of fused-ring (bicyclic) bond motifs is 1. The predicted molar refractivity (Wildman–Crippen MR) is 114 cm³/mol. The minimum Gasteiger partial charge on any atom is -0.348 e. The zero-order chi connectivity index (χ0) is 19.6. The normalized spacial score (nSPS) is 20.5. The van der Waals surface area contributed by atoms with Gasteiger partial charge in [0.2, 0.25) is 0 Å². The molecule has 1 unspecified atom stereocenters. The van der Waals surface area contributed by atoms with Crippen molar-refractivity contribution in [3.63, 3.8) is 0 Å². The number of hydrogen-bond acceptors (Lipinski definition) is 2. The van der Waals surface area contributed by atoms with Crippen molar-refractivity contribution in [2.24, 2.45) is 4.99 Å². The topological polar surface area (TPSA) is 65.3 Å². The maximum absolute atomic E-state index is 12.8. The highest BCUT2D eigenvalue weighted by Crippen LogP contribution is 2.39. The molecule has 1 aliphatic heterocycles. The SMILES string of the molecule is CC1(C2=NC(=N)CCC=C2)C=Cc2c(C(=O)NCc3ccccc3)cccc21. The van der Waals surface area contributed by atoms with E-state index in [1.807, 2.05) is 60.7 Å². The number of benzene rings is 2. The molecule has 1 heterocycles. The molecule has 4 nitrogen and oxygen atoms in total. The lowest BCUT2D eigenvalue weighted by Gasteiger charge is -2.25. The molecule has 0 bridgehead atoms. The van der Waals surface area contributed by atoms with Crippen LogP contribution in [0.15, 0.2) is 71.8 Å². The van der Waals surface area contributed by atoms with Gasteiger partial charge in [-0.1, -0.05) is 60.7 Å². The number of allylic oxidation sites excluding steroid dienone is 3. The number of aliphatic imine (C=N–C) groups is 1. The molecule has 140 valence electrons. The molecule has 2 N–H and O–H groups in total. The summed E-state index contributed by atoms with van der Waals surface area (Å²) < 4.78 is 0. The average molecular weight is 369 g/mol. The van der Waals surface area contributed by atoms with E-state index in [9.17, 15) is 4.79 Å². The summed E-state index contributed by atoms with van der Waals surface area (Å²) in [4.78, 5) is 17.4. The van der Waals surface area contributed by atoms with Gasteiger partial charge in [0, 0.05) is 18.5 Å². The third-order valence-electron chi connectivity index (χ3n) is 5.40. The average Bonchev–Trinajstić information content (AvgIpc) is 2.91. The van der Waals surface area contributed by atoms with E-state index in [4.69, 9.17) is 5.41 Å². The number of rotatable bonds is 4. The van der Waals surface area contributed by atoms with Crippen molar-refractivity contribution >= 4 is 23.5 Å². The number of amides is 1. The Balaban J connectivity index is 1.63. The van der Waals surface area contributed by atoms with Crippen LogP contribution in [0.4, 0.5) is 0 Å². The van der Waals surface area contributed by atoms with E-state index in [1.54, 1.807) is 0 Å². The third kappa shape index (κ3) is 3.33. The van der Waals surface area contributed by atoms with E-state index >= 15 is 0 Å². The lowest BCUT2D eigenvalue weighted by atomic mass is 9.79. The van der Waals surface area contributed by atoms with Gasteiger partial charge in [-0.25, -0.2) is 4.99 Å². The Kier molecular flexibility index (Phi) is 4.78. The van der Waals surface area contributed by atoms with E-state index in [0.717, 1.165) is 28.8 Å². The molecular weight excluding hydrogens is 346 g/mol. The summed E-state index contributed by atoms with van der Waals surface area (Å²) >= 11 is 0. The predicted octanol–water partition coefficient (Wildman–Crippen LogP) is 4.67. The molecule has 4 heteroatoms. The van der Waals surface area contributed by atoms with Gasteiger partial charge in [-0.15, -0.1) is 0 Å². The number of hydrogen-bond donors (Lipinski definition) is 2. The number of amidine groups is 1. The van der Waals surface area contributed by atoms with Gasteiger partial charge in [-0.05, 0) is 42.2 Å². The molecule has 2 aliphatic rings. The molecule has 0 fully saturated rings. The zero-order valence-corrected chi connectivity index (χ0v) is 15.9. The van der Waals surface area contributed by atoms with Crippen LogP contribution in [-0.2, 0) is 12.0 Å². The highest BCUT2D eigenvalue weighted by atomic mass is 16.1. The molecule has 1 amide bonds.